The summed E-state index contributed by atoms with van der Waals surface area (Å²) < 4.78 is 5.04. The standard InChI is InChI=1S/C17H24N2O3/c1-3-22-16(20)14-8-10-19(11-9-14)17(21)18-12-15-7-5-4-6-13(15)2/h4-7,14H,3,8-12H2,1-2H3,(H,18,21). The molecule has 0 bridgehead atoms. The van der Waals surface area contributed by atoms with Crippen molar-refractivity contribution < 1.29 is 14.3 Å². The molecule has 2 rings (SSSR count). The number of urea groups is 1. The van der Waals surface area contributed by atoms with Gasteiger partial charge in [-0.05, 0) is 37.8 Å². The van der Waals surface area contributed by atoms with Gasteiger partial charge in [-0.25, -0.2) is 4.79 Å². The summed E-state index contributed by atoms with van der Waals surface area (Å²) in [4.78, 5) is 25.6. The third kappa shape index (κ3) is 4.23. The Kier molecular flexibility index (Phi) is 5.81. The number of aryl methyl sites for hydroxylation is 1. The molecule has 1 aromatic rings. The maximum absolute atomic E-state index is 12.2. The molecule has 0 atom stereocenters. The van der Waals surface area contributed by atoms with Crippen molar-refractivity contribution in [1.82, 2.24) is 10.2 Å². The fourth-order valence-electron chi connectivity index (χ4n) is 2.67. The van der Waals surface area contributed by atoms with Crippen molar-refractivity contribution in [1.29, 1.82) is 0 Å². The molecule has 0 unspecified atom stereocenters. The highest BCUT2D eigenvalue weighted by Crippen LogP contribution is 2.18. The number of nitrogens with zero attached hydrogens (tertiary/aromatic N) is 1. The van der Waals surface area contributed by atoms with E-state index in [4.69, 9.17) is 4.74 Å². The number of carbonyl (C=O) groups is 2. The van der Waals surface area contributed by atoms with Gasteiger partial charge >= 0.3 is 12.0 Å². The van der Waals surface area contributed by atoms with Gasteiger partial charge in [0.15, 0.2) is 0 Å². The molecule has 2 amide bonds. The first kappa shape index (κ1) is 16.3. The number of piperidine rings is 1. The van der Waals surface area contributed by atoms with Crippen LogP contribution < -0.4 is 5.32 Å². The molecule has 0 aromatic heterocycles. The molecule has 0 aliphatic carbocycles. The van der Waals surface area contributed by atoms with E-state index in [9.17, 15) is 9.59 Å². The second kappa shape index (κ2) is 7.82. The quantitative estimate of drug-likeness (QED) is 0.869. The molecule has 22 heavy (non-hydrogen) atoms. The van der Waals surface area contributed by atoms with Gasteiger partial charge in [0.2, 0.25) is 0 Å². The third-order valence-electron chi connectivity index (χ3n) is 4.09. The monoisotopic (exact) mass is 304 g/mol. The van der Waals surface area contributed by atoms with E-state index in [0.29, 0.717) is 39.1 Å². The highest BCUT2D eigenvalue weighted by molar-refractivity contribution is 5.76. The lowest BCUT2D eigenvalue weighted by Gasteiger charge is -2.31. The number of rotatable bonds is 4. The van der Waals surface area contributed by atoms with Crippen LogP contribution in [-0.2, 0) is 16.1 Å². The van der Waals surface area contributed by atoms with Crippen LogP contribution >= 0.6 is 0 Å². The molecule has 1 aromatic carbocycles. The molecule has 0 saturated carbocycles. The Morgan fingerprint density at radius 1 is 1.27 bits per heavy atom. The average Bonchev–Trinajstić information content (AvgIpc) is 2.54. The Hall–Kier alpha value is -2.04. The second-order valence-corrected chi connectivity index (χ2v) is 5.60. The Labute approximate surface area is 131 Å². The third-order valence-corrected chi connectivity index (χ3v) is 4.09. The van der Waals surface area contributed by atoms with Gasteiger partial charge in [-0.1, -0.05) is 24.3 Å². The Balaban J connectivity index is 1.78. The van der Waals surface area contributed by atoms with Crippen molar-refractivity contribution >= 4 is 12.0 Å². The first-order valence-corrected chi connectivity index (χ1v) is 7.85. The van der Waals surface area contributed by atoms with Gasteiger partial charge in [0.05, 0.1) is 12.5 Å². The summed E-state index contributed by atoms with van der Waals surface area (Å²) >= 11 is 0. The number of likely N-dealkylation sites (tertiary alicyclic amines) is 1. The fourth-order valence-corrected chi connectivity index (χ4v) is 2.67. The number of nitrogens with one attached hydrogen (secondary N) is 1. The smallest absolute Gasteiger partial charge is 0.317 e. The maximum Gasteiger partial charge on any atom is 0.317 e. The van der Waals surface area contributed by atoms with Crippen LogP contribution in [0.3, 0.4) is 0 Å². The zero-order valence-electron chi connectivity index (χ0n) is 13.3. The van der Waals surface area contributed by atoms with Gasteiger partial charge in [-0.15, -0.1) is 0 Å². The number of hydrogen-bond acceptors (Lipinski definition) is 3. The number of ether oxygens (including phenoxy) is 1. The summed E-state index contributed by atoms with van der Waals surface area (Å²) in [6, 6.07) is 7.94. The summed E-state index contributed by atoms with van der Waals surface area (Å²) in [6.07, 6.45) is 1.35. The molecule has 0 spiro atoms. The minimum absolute atomic E-state index is 0.0643. The summed E-state index contributed by atoms with van der Waals surface area (Å²) in [5.74, 6) is -0.206. The van der Waals surface area contributed by atoms with E-state index in [1.54, 1.807) is 4.90 Å². The largest absolute Gasteiger partial charge is 0.466 e. The van der Waals surface area contributed by atoms with Crippen LogP contribution in [0.1, 0.15) is 30.9 Å². The topological polar surface area (TPSA) is 58.6 Å². The van der Waals surface area contributed by atoms with Crippen LogP contribution in [0.5, 0.6) is 0 Å². The Morgan fingerprint density at radius 3 is 2.59 bits per heavy atom. The first-order valence-electron chi connectivity index (χ1n) is 7.85. The molecule has 5 nitrogen and oxygen atoms in total. The van der Waals surface area contributed by atoms with E-state index in [1.807, 2.05) is 38.1 Å². The lowest BCUT2D eigenvalue weighted by Crippen LogP contribution is -2.45. The minimum Gasteiger partial charge on any atom is -0.466 e. The van der Waals surface area contributed by atoms with Crippen molar-refractivity contribution in [3.8, 4) is 0 Å². The van der Waals surface area contributed by atoms with E-state index in [1.165, 1.54) is 5.56 Å². The Bertz CT molecular complexity index is 522. The van der Waals surface area contributed by atoms with Crippen molar-refractivity contribution in [2.75, 3.05) is 19.7 Å². The van der Waals surface area contributed by atoms with Crippen LogP contribution in [0.15, 0.2) is 24.3 Å². The van der Waals surface area contributed by atoms with Crippen LogP contribution in [0.4, 0.5) is 4.79 Å². The normalized spacial score (nSPS) is 15.5. The SMILES string of the molecule is CCOC(=O)C1CCN(C(=O)NCc2ccccc2C)CC1. The Morgan fingerprint density at radius 2 is 1.95 bits per heavy atom. The lowest BCUT2D eigenvalue weighted by molar-refractivity contribution is -0.149. The fraction of sp³-hybridized carbons (Fsp3) is 0.529. The number of amides is 2. The predicted octanol–water partition coefficient (Wildman–Crippen LogP) is 2.48. The molecule has 1 fully saturated rings. The number of benzene rings is 1. The second-order valence-electron chi connectivity index (χ2n) is 5.60. The van der Waals surface area contributed by atoms with Crippen LogP contribution in [-0.4, -0.2) is 36.6 Å². The molecule has 1 saturated heterocycles. The molecule has 1 N–H and O–H groups in total. The average molecular weight is 304 g/mol. The van der Waals surface area contributed by atoms with Crippen molar-refractivity contribution in [2.45, 2.75) is 33.2 Å². The number of esters is 1. The first-order chi connectivity index (χ1) is 10.6. The van der Waals surface area contributed by atoms with Gasteiger partial charge < -0.3 is 15.0 Å². The molecule has 120 valence electrons. The highest BCUT2D eigenvalue weighted by Gasteiger charge is 2.28. The van der Waals surface area contributed by atoms with Gasteiger partial charge in [0.25, 0.3) is 0 Å². The van der Waals surface area contributed by atoms with Crippen LogP contribution in [0, 0.1) is 12.8 Å². The summed E-state index contributed by atoms with van der Waals surface area (Å²) in [6.45, 7) is 5.99. The van der Waals surface area contributed by atoms with E-state index >= 15 is 0 Å². The van der Waals surface area contributed by atoms with E-state index in [0.717, 1.165) is 5.56 Å². The molecule has 1 heterocycles. The van der Waals surface area contributed by atoms with Crippen molar-refractivity contribution in [3.63, 3.8) is 0 Å². The van der Waals surface area contributed by atoms with Gasteiger partial charge in [0.1, 0.15) is 0 Å². The number of carbonyl (C=O) groups excluding carboxylic acids is 2. The van der Waals surface area contributed by atoms with E-state index < -0.39 is 0 Å². The van der Waals surface area contributed by atoms with Crippen molar-refractivity contribution in [2.24, 2.45) is 5.92 Å². The zero-order valence-corrected chi connectivity index (χ0v) is 13.3. The van der Waals surface area contributed by atoms with Gasteiger partial charge in [-0.3, -0.25) is 4.79 Å². The molecular weight excluding hydrogens is 280 g/mol. The summed E-state index contributed by atoms with van der Waals surface area (Å²) in [7, 11) is 0. The van der Waals surface area contributed by atoms with Gasteiger partial charge in [-0.2, -0.15) is 0 Å². The van der Waals surface area contributed by atoms with E-state index in [-0.39, 0.29) is 17.9 Å². The summed E-state index contributed by atoms with van der Waals surface area (Å²) in [5.41, 5.74) is 2.29. The molecule has 0 radical (unpaired) electrons. The highest BCUT2D eigenvalue weighted by atomic mass is 16.5. The molecule has 1 aliphatic heterocycles. The minimum atomic E-state index is -0.137. The van der Waals surface area contributed by atoms with Gasteiger partial charge in [0, 0.05) is 19.6 Å². The zero-order chi connectivity index (χ0) is 15.9. The van der Waals surface area contributed by atoms with E-state index in [2.05, 4.69) is 5.32 Å². The molecule has 5 heteroatoms. The molecule has 1 aliphatic rings. The number of hydrogen-bond donors (Lipinski definition) is 1. The molecular formula is C17H24N2O3. The maximum atomic E-state index is 12.2. The predicted molar refractivity (Wildman–Crippen MR) is 84.3 cm³/mol. The van der Waals surface area contributed by atoms with Crippen molar-refractivity contribution in [3.05, 3.63) is 35.4 Å². The summed E-state index contributed by atoms with van der Waals surface area (Å²) in [5, 5.41) is 2.95. The van der Waals surface area contributed by atoms with Crippen LogP contribution in [0.25, 0.3) is 0 Å². The van der Waals surface area contributed by atoms with Crippen LogP contribution in [0.2, 0.25) is 0 Å². The lowest BCUT2D eigenvalue weighted by atomic mass is 9.97.